The SMILES string of the molecule is CC(c1ccccc1)N1C(=O)/C(=C\c2cccnc2)SC1=S. The summed E-state index contributed by atoms with van der Waals surface area (Å²) in [5, 5.41) is 0. The Kier molecular flexibility index (Phi) is 4.36. The van der Waals surface area contributed by atoms with Crippen LogP contribution in [0, 0.1) is 0 Å². The van der Waals surface area contributed by atoms with Gasteiger partial charge in [-0.2, -0.15) is 0 Å². The molecule has 0 N–H and O–H groups in total. The normalized spacial score (nSPS) is 18.0. The summed E-state index contributed by atoms with van der Waals surface area (Å²) < 4.78 is 0.594. The standard InChI is InChI=1S/C17H14N2OS2/c1-12(14-7-3-2-4-8-14)19-16(20)15(22-17(19)21)10-13-6-5-9-18-11-13/h2-12H,1H3/b15-10+. The van der Waals surface area contributed by atoms with Gasteiger partial charge in [0.25, 0.3) is 5.91 Å². The summed E-state index contributed by atoms with van der Waals surface area (Å²) in [5.41, 5.74) is 1.97. The molecule has 1 unspecified atom stereocenters. The molecular formula is C17H14N2OS2. The summed E-state index contributed by atoms with van der Waals surface area (Å²) in [6, 6.07) is 13.6. The van der Waals surface area contributed by atoms with Crippen LogP contribution < -0.4 is 0 Å². The maximum Gasteiger partial charge on any atom is 0.266 e. The van der Waals surface area contributed by atoms with E-state index in [1.54, 1.807) is 17.3 Å². The van der Waals surface area contributed by atoms with Gasteiger partial charge in [-0.25, -0.2) is 0 Å². The third-order valence-electron chi connectivity index (χ3n) is 3.47. The number of rotatable bonds is 3. The zero-order valence-corrected chi connectivity index (χ0v) is 13.6. The molecule has 1 fully saturated rings. The summed E-state index contributed by atoms with van der Waals surface area (Å²) in [7, 11) is 0. The number of thioether (sulfide) groups is 1. The lowest BCUT2D eigenvalue weighted by atomic mass is 10.1. The lowest BCUT2D eigenvalue weighted by molar-refractivity contribution is -0.123. The number of carbonyl (C=O) groups excluding carboxylic acids is 1. The number of pyridine rings is 1. The van der Waals surface area contributed by atoms with Gasteiger partial charge in [-0.05, 0) is 30.2 Å². The smallest absolute Gasteiger partial charge is 0.266 e. The minimum Gasteiger partial charge on any atom is -0.286 e. The molecule has 1 amide bonds. The Morgan fingerprint density at radius 3 is 2.68 bits per heavy atom. The van der Waals surface area contributed by atoms with Gasteiger partial charge in [0.2, 0.25) is 0 Å². The molecule has 1 saturated heterocycles. The van der Waals surface area contributed by atoms with E-state index in [0.29, 0.717) is 9.23 Å². The van der Waals surface area contributed by atoms with E-state index in [4.69, 9.17) is 12.2 Å². The van der Waals surface area contributed by atoms with Crippen molar-refractivity contribution in [3.05, 3.63) is 70.9 Å². The van der Waals surface area contributed by atoms with E-state index in [2.05, 4.69) is 4.98 Å². The van der Waals surface area contributed by atoms with Crippen LogP contribution in [0.1, 0.15) is 24.1 Å². The minimum absolute atomic E-state index is 0.0461. The van der Waals surface area contributed by atoms with E-state index in [9.17, 15) is 4.79 Å². The molecule has 0 saturated carbocycles. The van der Waals surface area contributed by atoms with Crippen LogP contribution >= 0.6 is 24.0 Å². The van der Waals surface area contributed by atoms with E-state index in [0.717, 1.165) is 11.1 Å². The second-order valence-electron chi connectivity index (χ2n) is 4.92. The summed E-state index contributed by atoms with van der Waals surface area (Å²) in [4.78, 5) is 19.0. The zero-order chi connectivity index (χ0) is 15.5. The molecule has 1 aliphatic rings. The number of benzene rings is 1. The minimum atomic E-state index is -0.0755. The monoisotopic (exact) mass is 326 g/mol. The van der Waals surface area contributed by atoms with Crippen LogP contribution in [0.3, 0.4) is 0 Å². The predicted molar refractivity (Wildman–Crippen MR) is 94.1 cm³/mol. The van der Waals surface area contributed by atoms with E-state index < -0.39 is 0 Å². The number of amides is 1. The Bertz CT molecular complexity index is 729. The molecule has 3 rings (SSSR count). The first-order valence-corrected chi connectivity index (χ1v) is 8.11. The maximum atomic E-state index is 12.7. The fourth-order valence-corrected chi connectivity index (χ4v) is 3.73. The van der Waals surface area contributed by atoms with Gasteiger partial charge in [0.15, 0.2) is 0 Å². The van der Waals surface area contributed by atoms with Crippen molar-refractivity contribution in [2.75, 3.05) is 0 Å². The number of hydrogen-bond donors (Lipinski definition) is 0. The average molecular weight is 326 g/mol. The molecule has 5 heteroatoms. The van der Waals surface area contributed by atoms with E-state index >= 15 is 0 Å². The molecule has 0 aliphatic carbocycles. The number of nitrogens with zero attached hydrogens (tertiary/aromatic N) is 2. The van der Waals surface area contributed by atoms with Crippen LogP contribution in [0.5, 0.6) is 0 Å². The number of aromatic nitrogens is 1. The number of carbonyl (C=O) groups is 1. The highest BCUT2D eigenvalue weighted by molar-refractivity contribution is 8.26. The summed E-state index contributed by atoms with van der Waals surface area (Å²) in [5.74, 6) is -0.0461. The van der Waals surface area contributed by atoms with Gasteiger partial charge in [-0.3, -0.25) is 14.7 Å². The van der Waals surface area contributed by atoms with Crippen molar-refractivity contribution < 1.29 is 4.79 Å². The van der Waals surface area contributed by atoms with Crippen molar-refractivity contribution in [2.24, 2.45) is 0 Å². The van der Waals surface area contributed by atoms with Gasteiger partial charge >= 0.3 is 0 Å². The average Bonchev–Trinajstić information content (AvgIpc) is 2.82. The Morgan fingerprint density at radius 2 is 2.00 bits per heavy atom. The molecule has 0 bridgehead atoms. The largest absolute Gasteiger partial charge is 0.286 e. The van der Waals surface area contributed by atoms with E-state index in [1.807, 2.05) is 55.5 Å². The molecule has 2 aromatic rings. The molecular weight excluding hydrogens is 312 g/mol. The molecule has 0 radical (unpaired) electrons. The lowest BCUT2D eigenvalue weighted by Gasteiger charge is -2.23. The van der Waals surface area contributed by atoms with E-state index in [-0.39, 0.29) is 11.9 Å². The summed E-state index contributed by atoms with van der Waals surface area (Å²) in [6.45, 7) is 1.99. The topological polar surface area (TPSA) is 33.2 Å². The highest BCUT2D eigenvalue weighted by Crippen LogP contribution is 2.37. The van der Waals surface area contributed by atoms with Crippen LogP contribution in [-0.2, 0) is 4.79 Å². The van der Waals surface area contributed by atoms with Gasteiger partial charge in [0.05, 0.1) is 10.9 Å². The Morgan fingerprint density at radius 1 is 1.23 bits per heavy atom. The van der Waals surface area contributed by atoms with Gasteiger partial charge in [0, 0.05) is 12.4 Å². The predicted octanol–water partition coefficient (Wildman–Crippen LogP) is 4.04. The zero-order valence-electron chi connectivity index (χ0n) is 12.0. The van der Waals surface area contributed by atoms with Crippen LogP contribution in [-0.4, -0.2) is 20.1 Å². The van der Waals surface area contributed by atoms with Crippen molar-refractivity contribution in [1.82, 2.24) is 9.88 Å². The molecule has 0 spiro atoms. The third-order valence-corrected chi connectivity index (χ3v) is 4.81. The highest BCUT2D eigenvalue weighted by atomic mass is 32.2. The Balaban J connectivity index is 1.88. The first-order valence-electron chi connectivity index (χ1n) is 6.89. The second-order valence-corrected chi connectivity index (χ2v) is 6.60. The molecule has 3 nitrogen and oxygen atoms in total. The van der Waals surface area contributed by atoms with E-state index in [1.165, 1.54) is 11.8 Å². The molecule has 1 aromatic carbocycles. The third kappa shape index (κ3) is 2.96. The lowest BCUT2D eigenvalue weighted by Crippen LogP contribution is -2.30. The molecule has 22 heavy (non-hydrogen) atoms. The fraction of sp³-hybridized carbons (Fsp3) is 0.118. The second kappa shape index (κ2) is 6.42. The first-order chi connectivity index (χ1) is 10.7. The molecule has 1 atom stereocenters. The number of thiocarbonyl (C=S) groups is 1. The van der Waals surface area contributed by atoms with Crippen molar-refractivity contribution in [1.29, 1.82) is 0 Å². The van der Waals surface area contributed by atoms with Crippen LogP contribution in [0.2, 0.25) is 0 Å². The van der Waals surface area contributed by atoms with Gasteiger partial charge in [-0.1, -0.05) is 60.4 Å². The van der Waals surface area contributed by atoms with Crippen molar-refractivity contribution in [3.63, 3.8) is 0 Å². The Labute approximate surface area is 139 Å². The quantitative estimate of drug-likeness (QED) is 0.629. The molecule has 2 heterocycles. The van der Waals surface area contributed by atoms with Crippen LogP contribution in [0.25, 0.3) is 6.08 Å². The summed E-state index contributed by atoms with van der Waals surface area (Å²) in [6.07, 6.45) is 5.28. The van der Waals surface area contributed by atoms with Gasteiger partial charge in [0.1, 0.15) is 4.32 Å². The Hall–Kier alpha value is -1.98. The fourth-order valence-electron chi connectivity index (χ4n) is 2.31. The van der Waals surface area contributed by atoms with Gasteiger partial charge in [-0.15, -0.1) is 0 Å². The van der Waals surface area contributed by atoms with Crippen LogP contribution in [0.4, 0.5) is 0 Å². The molecule has 110 valence electrons. The highest BCUT2D eigenvalue weighted by Gasteiger charge is 2.35. The van der Waals surface area contributed by atoms with Crippen molar-refractivity contribution in [2.45, 2.75) is 13.0 Å². The number of hydrogen-bond acceptors (Lipinski definition) is 4. The van der Waals surface area contributed by atoms with Crippen molar-refractivity contribution >= 4 is 40.3 Å². The first kappa shape index (κ1) is 14.9. The molecule has 1 aromatic heterocycles. The van der Waals surface area contributed by atoms with Gasteiger partial charge < -0.3 is 0 Å². The van der Waals surface area contributed by atoms with Crippen molar-refractivity contribution in [3.8, 4) is 0 Å². The summed E-state index contributed by atoms with van der Waals surface area (Å²) >= 11 is 6.74. The maximum absolute atomic E-state index is 12.7. The van der Waals surface area contributed by atoms with Crippen LogP contribution in [0.15, 0.2) is 59.8 Å². The molecule has 1 aliphatic heterocycles.